The van der Waals surface area contributed by atoms with E-state index in [1.54, 1.807) is 0 Å². The SMILES string of the molecule is Cc1cccc2cc(Cc3ccc(F)cc3)c(CCc3ccc(F)cc3)nc12. The zero-order valence-electron chi connectivity index (χ0n) is 15.8. The molecule has 0 N–H and O–H groups in total. The molecule has 0 unspecified atom stereocenters. The summed E-state index contributed by atoms with van der Waals surface area (Å²) in [6, 6.07) is 21.6. The van der Waals surface area contributed by atoms with E-state index in [-0.39, 0.29) is 11.6 Å². The third-order valence-electron chi connectivity index (χ3n) is 5.09. The fraction of sp³-hybridized carbons (Fsp3) is 0.160. The van der Waals surface area contributed by atoms with E-state index in [0.29, 0.717) is 6.42 Å². The lowest BCUT2D eigenvalue weighted by Gasteiger charge is -2.13. The molecule has 3 heteroatoms. The van der Waals surface area contributed by atoms with Crippen LogP contribution in [-0.4, -0.2) is 4.98 Å². The van der Waals surface area contributed by atoms with Crippen molar-refractivity contribution < 1.29 is 8.78 Å². The van der Waals surface area contributed by atoms with Gasteiger partial charge < -0.3 is 0 Å². The Morgan fingerprint density at radius 1 is 0.750 bits per heavy atom. The van der Waals surface area contributed by atoms with Gasteiger partial charge in [0.25, 0.3) is 0 Å². The number of rotatable bonds is 5. The molecule has 0 amide bonds. The van der Waals surface area contributed by atoms with Gasteiger partial charge in [0.15, 0.2) is 0 Å². The molecule has 1 heterocycles. The predicted molar refractivity (Wildman–Crippen MR) is 109 cm³/mol. The van der Waals surface area contributed by atoms with Crippen LogP contribution < -0.4 is 0 Å². The third kappa shape index (κ3) is 4.09. The van der Waals surface area contributed by atoms with E-state index >= 15 is 0 Å². The Balaban J connectivity index is 1.69. The molecule has 0 radical (unpaired) electrons. The first-order chi connectivity index (χ1) is 13.6. The second-order valence-electron chi connectivity index (χ2n) is 7.17. The van der Waals surface area contributed by atoms with Crippen LogP contribution in [-0.2, 0) is 19.3 Å². The number of nitrogens with zero attached hydrogens (tertiary/aromatic N) is 1. The highest BCUT2D eigenvalue weighted by Crippen LogP contribution is 2.23. The lowest BCUT2D eigenvalue weighted by molar-refractivity contribution is 0.626. The standard InChI is InChI=1S/C25H21F2N/c1-17-3-2-4-20-16-21(15-19-7-12-23(27)13-8-19)24(28-25(17)20)14-9-18-5-10-22(26)11-6-18/h2-8,10-13,16H,9,14-15H2,1H3. The summed E-state index contributed by atoms with van der Waals surface area (Å²) in [6.45, 7) is 2.07. The van der Waals surface area contributed by atoms with Crippen LogP contribution in [0.3, 0.4) is 0 Å². The monoisotopic (exact) mass is 373 g/mol. The Labute approximate surface area is 163 Å². The normalized spacial score (nSPS) is 11.1. The van der Waals surface area contributed by atoms with Gasteiger partial charge in [-0.1, -0.05) is 42.5 Å². The van der Waals surface area contributed by atoms with Crippen LogP contribution in [0.4, 0.5) is 8.78 Å². The smallest absolute Gasteiger partial charge is 0.123 e. The molecule has 0 aliphatic rings. The van der Waals surface area contributed by atoms with E-state index in [1.165, 1.54) is 24.3 Å². The van der Waals surface area contributed by atoms with Crippen LogP contribution in [0, 0.1) is 18.6 Å². The molecule has 4 aromatic rings. The van der Waals surface area contributed by atoms with Crippen molar-refractivity contribution in [2.45, 2.75) is 26.2 Å². The van der Waals surface area contributed by atoms with Crippen molar-refractivity contribution in [2.24, 2.45) is 0 Å². The maximum Gasteiger partial charge on any atom is 0.123 e. The van der Waals surface area contributed by atoms with Crippen molar-refractivity contribution in [1.82, 2.24) is 4.98 Å². The maximum absolute atomic E-state index is 13.3. The Morgan fingerprint density at radius 2 is 1.39 bits per heavy atom. The molecule has 0 saturated heterocycles. The van der Waals surface area contributed by atoms with Crippen LogP contribution in [0.1, 0.15) is 27.9 Å². The maximum atomic E-state index is 13.3. The topological polar surface area (TPSA) is 12.9 Å². The molecular weight excluding hydrogens is 352 g/mol. The van der Waals surface area contributed by atoms with Gasteiger partial charge in [0.1, 0.15) is 11.6 Å². The fourth-order valence-electron chi connectivity index (χ4n) is 3.53. The molecule has 0 saturated carbocycles. The lowest BCUT2D eigenvalue weighted by Crippen LogP contribution is -2.03. The Morgan fingerprint density at radius 3 is 2.07 bits per heavy atom. The molecule has 0 spiro atoms. The first kappa shape index (κ1) is 18.3. The number of para-hydroxylation sites is 1. The Bertz CT molecular complexity index is 1100. The molecule has 3 aromatic carbocycles. The number of hydrogen-bond donors (Lipinski definition) is 0. The van der Waals surface area contributed by atoms with Gasteiger partial charge in [-0.3, -0.25) is 4.98 Å². The summed E-state index contributed by atoms with van der Waals surface area (Å²) in [5.41, 5.74) is 6.48. The minimum Gasteiger partial charge on any atom is -0.252 e. The highest BCUT2D eigenvalue weighted by molar-refractivity contribution is 5.82. The number of benzene rings is 3. The first-order valence-corrected chi connectivity index (χ1v) is 9.45. The van der Waals surface area contributed by atoms with Gasteiger partial charge in [-0.25, -0.2) is 8.78 Å². The average molecular weight is 373 g/mol. The summed E-state index contributed by atoms with van der Waals surface area (Å²) >= 11 is 0. The second kappa shape index (κ2) is 7.89. The van der Waals surface area contributed by atoms with Crippen LogP contribution in [0.25, 0.3) is 10.9 Å². The molecule has 0 fully saturated rings. The quantitative estimate of drug-likeness (QED) is 0.406. The summed E-state index contributed by atoms with van der Waals surface area (Å²) in [5.74, 6) is -0.451. The molecule has 0 bridgehead atoms. The molecule has 0 atom stereocenters. The molecule has 1 aromatic heterocycles. The van der Waals surface area contributed by atoms with E-state index in [0.717, 1.165) is 51.7 Å². The zero-order valence-corrected chi connectivity index (χ0v) is 15.8. The van der Waals surface area contributed by atoms with E-state index in [9.17, 15) is 8.78 Å². The molecule has 4 rings (SSSR count). The highest BCUT2D eigenvalue weighted by atomic mass is 19.1. The summed E-state index contributed by atoms with van der Waals surface area (Å²) in [7, 11) is 0. The lowest BCUT2D eigenvalue weighted by atomic mass is 9.97. The van der Waals surface area contributed by atoms with E-state index in [2.05, 4.69) is 25.1 Å². The van der Waals surface area contributed by atoms with Gasteiger partial charge in [0, 0.05) is 11.1 Å². The van der Waals surface area contributed by atoms with E-state index in [4.69, 9.17) is 4.98 Å². The summed E-state index contributed by atoms with van der Waals surface area (Å²) < 4.78 is 26.4. The Hall–Kier alpha value is -3.07. The van der Waals surface area contributed by atoms with Gasteiger partial charge in [0.05, 0.1) is 5.52 Å². The van der Waals surface area contributed by atoms with E-state index in [1.807, 2.05) is 30.3 Å². The second-order valence-corrected chi connectivity index (χ2v) is 7.17. The number of aromatic nitrogens is 1. The number of pyridine rings is 1. The highest BCUT2D eigenvalue weighted by Gasteiger charge is 2.10. The number of hydrogen-bond acceptors (Lipinski definition) is 1. The van der Waals surface area contributed by atoms with Crippen LogP contribution >= 0.6 is 0 Å². The van der Waals surface area contributed by atoms with Crippen molar-refractivity contribution in [3.63, 3.8) is 0 Å². The fourth-order valence-corrected chi connectivity index (χ4v) is 3.53. The molecule has 0 aliphatic carbocycles. The molecule has 0 aliphatic heterocycles. The summed E-state index contributed by atoms with van der Waals surface area (Å²) in [5, 5.41) is 1.11. The van der Waals surface area contributed by atoms with Gasteiger partial charge in [-0.2, -0.15) is 0 Å². The molecule has 140 valence electrons. The van der Waals surface area contributed by atoms with Gasteiger partial charge >= 0.3 is 0 Å². The minimum absolute atomic E-state index is 0.222. The molecule has 1 nitrogen and oxygen atoms in total. The van der Waals surface area contributed by atoms with Crippen LogP contribution in [0.5, 0.6) is 0 Å². The third-order valence-corrected chi connectivity index (χ3v) is 5.09. The number of halogens is 2. The van der Waals surface area contributed by atoms with Crippen molar-refractivity contribution in [1.29, 1.82) is 0 Å². The van der Waals surface area contributed by atoms with E-state index < -0.39 is 0 Å². The largest absolute Gasteiger partial charge is 0.252 e. The van der Waals surface area contributed by atoms with Crippen LogP contribution in [0.15, 0.2) is 72.8 Å². The average Bonchev–Trinajstić information content (AvgIpc) is 2.70. The molecular formula is C25H21F2N. The number of fused-ring (bicyclic) bond motifs is 1. The van der Waals surface area contributed by atoms with Gasteiger partial charge in [-0.05, 0) is 78.8 Å². The Kier molecular flexibility index (Phi) is 5.16. The van der Waals surface area contributed by atoms with Crippen molar-refractivity contribution in [3.05, 3.63) is 112 Å². The predicted octanol–water partition coefficient (Wildman–Crippen LogP) is 6.20. The summed E-state index contributed by atoms with van der Waals surface area (Å²) in [4.78, 5) is 4.97. The zero-order chi connectivity index (χ0) is 19.5. The van der Waals surface area contributed by atoms with Crippen molar-refractivity contribution >= 4 is 10.9 Å². The summed E-state index contributed by atoms with van der Waals surface area (Å²) in [6.07, 6.45) is 2.27. The van der Waals surface area contributed by atoms with Gasteiger partial charge in [0.2, 0.25) is 0 Å². The molecule has 28 heavy (non-hydrogen) atoms. The minimum atomic E-state index is -0.229. The van der Waals surface area contributed by atoms with Gasteiger partial charge in [-0.15, -0.1) is 0 Å². The first-order valence-electron chi connectivity index (χ1n) is 9.45. The van der Waals surface area contributed by atoms with Crippen molar-refractivity contribution in [3.8, 4) is 0 Å². The number of aryl methyl sites for hydroxylation is 3. The van der Waals surface area contributed by atoms with Crippen LogP contribution in [0.2, 0.25) is 0 Å². The van der Waals surface area contributed by atoms with Crippen molar-refractivity contribution in [2.75, 3.05) is 0 Å².